The average Bonchev–Trinajstić information content (AvgIpc) is 3.43. The lowest BCUT2D eigenvalue weighted by Crippen LogP contribution is -2.25. The van der Waals surface area contributed by atoms with Gasteiger partial charge in [-0.05, 0) is 43.5 Å². The molecule has 0 radical (unpaired) electrons. The molecule has 0 unspecified atom stereocenters. The molecule has 0 atom stereocenters. The van der Waals surface area contributed by atoms with Crippen LogP contribution in [-0.4, -0.2) is 44.1 Å². The highest BCUT2D eigenvalue weighted by Gasteiger charge is 2.29. The molecule has 162 valence electrons. The third-order valence-corrected chi connectivity index (χ3v) is 6.93. The van der Waals surface area contributed by atoms with E-state index in [1.807, 2.05) is 21.3 Å². The molecule has 1 fully saturated rings. The van der Waals surface area contributed by atoms with Gasteiger partial charge < -0.3 is 4.57 Å². The number of hydrogen-bond acceptors (Lipinski definition) is 5. The third kappa shape index (κ3) is 3.87. The van der Waals surface area contributed by atoms with Crippen LogP contribution in [0.2, 0.25) is 5.02 Å². The first-order chi connectivity index (χ1) is 14.8. The zero-order valence-corrected chi connectivity index (χ0v) is 18.6. The first-order valence-electron chi connectivity index (χ1n) is 10.2. The van der Waals surface area contributed by atoms with Crippen molar-refractivity contribution < 1.29 is 8.42 Å². The van der Waals surface area contributed by atoms with Crippen LogP contribution < -0.4 is 5.69 Å². The van der Waals surface area contributed by atoms with E-state index in [2.05, 4.69) is 4.98 Å². The van der Waals surface area contributed by atoms with Crippen LogP contribution in [0.15, 0.2) is 41.5 Å². The van der Waals surface area contributed by atoms with Crippen molar-refractivity contribution in [3.8, 4) is 0 Å². The van der Waals surface area contributed by atoms with Crippen LogP contribution in [0.5, 0.6) is 0 Å². The van der Waals surface area contributed by atoms with Crippen LogP contribution in [0.4, 0.5) is 0 Å². The Morgan fingerprint density at radius 3 is 2.68 bits per heavy atom. The lowest BCUT2D eigenvalue weighted by Gasteiger charge is -2.10. The van der Waals surface area contributed by atoms with Gasteiger partial charge in [-0.1, -0.05) is 11.6 Å². The Kier molecular flexibility index (Phi) is 4.90. The summed E-state index contributed by atoms with van der Waals surface area (Å²) in [6.45, 7) is 0.751. The molecular weight excluding hydrogens is 438 g/mol. The average molecular weight is 460 g/mol. The molecule has 1 aliphatic carbocycles. The summed E-state index contributed by atoms with van der Waals surface area (Å²) in [4.78, 5) is 22.2. The Hall–Kier alpha value is -2.65. The Morgan fingerprint density at radius 2 is 1.94 bits per heavy atom. The van der Waals surface area contributed by atoms with E-state index in [1.165, 1.54) is 6.26 Å². The topological polar surface area (TPSA) is 91.8 Å². The summed E-state index contributed by atoms with van der Waals surface area (Å²) in [6, 6.07) is 7.57. The second kappa shape index (κ2) is 7.49. The molecule has 0 spiro atoms. The maximum absolute atomic E-state index is 13.3. The first kappa shape index (κ1) is 20.3. The third-order valence-electron chi connectivity index (χ3n) is 5.66. The van der Waals surface area contributed by atoms with E-state index < -0.39 is 9.84 Å². The fourth-order valence-corrected chi connectivity index (χ4v) is 4.93. The van der Waals surface area contributed by atoms with Crippen molar-refractivity contribution >= 4 is 43.5 Å². The van der Waals surface area contributed by atoms with Gasteiger partial charge in [-0.2, -0.15) is 0 Å². The lowest BCUT2D eigenvalue weighted by molar-refractivity contribution is 0.583. The molecule has 0 N–H and O–H groups in total. The number of aromatic nitrogens is 5. The molecule has 0 aliphatic heterocycles. The van der Waals surface area contributed by atoms with Gasteiger partial charge in [-0.15, -0.1) is 0 Å². The standard InChI is InChI=1S/C21H22ClN5O3S/c1-31(29,30)10-2-9-25-17-6-3-14(22)11-16(17)24-20(25)13-26-19-12-23-8-7-18(19)27(21(26)28)15-4-5-15/h3,6-8,11-12,15H,2,4-5,9-10,13H2,1H3. The molecule has 10 heteroatoms. The molecule has 8 nitrogen and oxygen atoms in total. The van der Waals surface area contributed by atoms with Gasteiger partial charge in [0.25, 0.3) is 0 Å². The highest BCUT2D eigenvalue weighted by atomic mass is 35.5. The van der Waals surface area contributed by atoms with Crippen LogP contribution in [0, 0.1) is 0 Å². The van der Waals surface area contributed by atoms with Crippen molar-refractivity contribution in [3.63, 3.8) is 0 Å². The second-order valence-electron chi connectivity index (χ2n) is 8.13. The smallest absolute Gasteiger partial charge is 0.326 e. The number of pyridine rings is 1. The Labute approximate surface area is 184 Å². The van der Waals surface area contributed by atoms with Gasteiger partial charge in [0.05, 0.1) is 40.6 Å². The van der Waals surface area contributed by atoms with Gasteiger partial charge in [0.2, 0.25) is 0 Å². The lowest BCUT2D eigenvalue weighted by atomic mass is 10.3. The van der Waals surface area contributed by atoms with Gasteiger partial charge in [0, 0.05) is 30.1 Å². The largest absolute Gasteiger partial charge is 0.329 e. The van der Waals surface area contributed by atoms with Crippen molar-refractivity contribution in [1.82, 2.24) is 23.7 Å². The number of fused-ring (bicyclic) bond motifs is 2. The molecule has 1 saturated carbocycles. The minimum absolute atomic E-state index is 0.0710. The summed E-state index contributed by atoms with van der Waals surface area (Å²) in [6.07, 6.45) is 7.11. The van der Waals surface area contributed by atoms with Crippen LogP contribution in [0.3, 0.4) is 0 Å². The second-order valence-corrected chi connectivity index (χ2v) is 10.8. The monoisotopic (exact) mass is 459 g/mol. The number of imidazole rings is 2. The number of halogens is 1. The fourth-order valence-electron chi connectivity index (χ4n) is 4.11. The molecule has 5 rings (SSSR count). The van der Waals surface area contributed by atoms with E-state index in [0.717, 1.165) is 34.9 Å². The van der Waals surface area contributed by atoms with Crippen LogP contribution in [-0.2, 0) is 22.9 Å². The zero-order chi connectivity index (χ0) is 21.8. The summed E-state index contributed by atoms with van der Waals surface area (Å²) in [5.41, 5.74) is 3.17. The van der Waals surface area contributed by atoms with Gasteiger partial charge in [0.1, 0.15) is 15.7 Å². The minimum Gasteiger partial charge on any atom is -0.326 e. The number of hydrogen-bond donors (Lipinski definition) is 0. The van der Waals surface area contributed by atoms with Gasteiger partial charge in [-0.25, -0.2) is 18.2 Å². The predicted octanol–water partition coefficient (Wildman–Crippen LogP) is 3.02. The molecular formula is C21H22ClN5O3S. The van der Waals surface area contributed by atoms with E-state index in [4.69, 9.17) is 16.6 Å². The Bertz CT molecular complexity index is 1460. The molecule has 3 heterocycles. The Morgan fingerprint density at radius 1 is 1.13 bits per heavy atom. The van der Waals surface area contributed by atoms with Crippen molar-refractivity contribution in [2.75, 3.05) is 12.0 Å². The van der Waals surface area contributed by atoms with Crippen LogP contribution in [0.1, 0.15) is 31.1 Å². The summed E-state index contributed by atoms with van der Waals surface area (Å²) < 4.78 is 28.8. The predicted molar refractivity (Wildman–Crippen MR) is 120 cm³/mol. The zero-order valence-electron chi connectivity index (χ0n) is 17.0. The number of sulfone groups is 1. The highest BCUT2D eigenvalue weighted by molar-refractivity contribution is 7.90. The van der Waals surface area contributed by atoms with E-state index in [0.29, 0.717) is 23.8 Å². The molecule has 3 aromatic heterocycles. The first-order valence-corrected chi connectivity index (χ1v) is 12.6. The number of nitrogens with zero attached hydrogens (tertiary/aromatic N) is 5. The fraction of sp³-hybridized carbons (Fsp3) is 0.381. The molecule has 31 heavy (non-hydrogen) atoms. The maximum Gasteiger partial charge on any atom is 0.329 e. The van der Waals surface area contributed by atoms with Crippen LogP contribution >= 0.6 is 11.6 Å². The maximum atomic E-state index is 13.3. The highest BCUT2D eigenvalue weighted by Crippen LogP contribution is 2.36. The normalized spacial score (nSPS) is 14.6. The van der Waals surface area contributed by atoms with E-state index >= 15 is 0 Å². The van der Waals surface area contributed by atoms with Crippen molar-refractivity contribution in [2.45, 2.75) is 38.4 Å². The van der Waals surface area contributed by atoms with Crippen molar-refractivity contribution in [2.24, 2.45) is 0 Å². The van der Waals surface area contributed by atoms with E-state index in [-0.39, 0.29) is 24.0 Å². The molecule has 4 aromatic rings. The minimum atomic E-state index is -3.07. The van der Waals surface area contributed by atoms with Gasteiger partial charge >= 0.3 is 5.69 Å². The summed E-state index contributed by atoms with van der Waals surface area (Å²) >= 11 is 6.16. The number of aryl methyl sites for hydroxylation is 1. The van der Waals surface area contributed by atoms with Gasteiger partial charge in [0.15, 0.2) is 0 Å². The molecule has 1 aromatic carbocycles. The summed E-state index contributed by atoms with van der Waals surface area (Å²) in [7, 11) is -3.07. The Balaban J connectivity index is 1.60. The SMILES string of the molecule is CS(=O)(=O)CCCn1c(Cn2c(=O)n(C3CC3)c3ccncc32)nc2cc(Cl)ccc21. The van der Waals surface area contributed by atoms with Crippen molar-refractivity contribution in [1.29, 1.82) is 0 Å². The van der Waals surface area contributed by atoms with E-state index in [9.17, 15) is 13.2 Å². The van der Waals surface area contributed by atoms with E-state index in [1.54, 1.807) is 29.1 Å². The molecule has 0 bridgehead atoms. The summed E-state index contributed by atoms with van der Waals surface area (Å²) in [5.74, 6) is 0.774. The van der Waals surface area contributed by atoms with Crippen LogP contribution in [0.25, 0.3) is 22.1 Å². The number of benzene rings is 1. The summed E-state index contributed by atoms with van der Waals surface area (Å²) in [5, 5.41) is 0.575. The molecule has 1 aliphatic rings. The molecule has 0 saturated heterocycles. The van der Waals surface area contributed by atoms with Gasteiger partial charge in [-0.3, -0.25) is 14.1 Å². The molecule has 0 amide bonds. The van der Waals surface area contributed by atoms with Crippen molar-refractivity contribution in [3.05, 3.63) is 58.0 Å². The quantitative estimate of drug-likeness (QED) is 0.423. The number of rotatable bonds is 7.